The monoisotopic (exact) mass is 246 g/mol. The summed E-state index contributed by atoms with van der Waals surface area (Å²) >= 11 is 0. The number of nitrogens with zero attached hydrogens (tertiary/aromatic N) is 3. The maximum Gasteiger partial charge on any atom is 0.270 e. The van der Waals surface area contributed by atoms with E-state index >= 15 is 0 Å². The average Bonchev–Trinajstić information content (AvgIpc) is 2.36. The quantitative estimate of drug-likeness (QED) is 0.842. The topological polar surface area (TPSA) is 69.0 Å². The lowest BCUT2D eigenvalue weighted by Crippen LogP contribution is -2.35. The first-order valence-corrected chi connectivity index (χ1v) is 5.84. The van der Waals surface area contributed by atoms with Crippen LogP contribution in [0.5, 0.6) is 0 Å². The van der Waals surface area contributed by atoms with Crippen molar-refractivity contribution in [2.45, 2.75) is 19.4 Å². The van der Waals surface area contributed by atoms with E-state index in [9.17, 15) is 4.79 Å². The molecule has 0 aliphatic carbocycles. The van der Waals surface area contributed by atoms with E-state index < -0.39 is 0 Å². The Morgan fingerprint density at radius 3 is 2.78 bits per heavy atom. The first kappa shape index (κ1) is 14.1. The van der Waals surface area contributed by atoms with Crippen LogP contribution >= 0.6 is 0 Å². The van der Waals surface area contributed by atoms with Gasteiger partial charge in [-0.05, 0) is 46.1 Å². The smallest absolute Gasteiger partial charge is 0.270 e. The van der Waals surface area contributed by atoms with Gasteiger partial charge in [0.15, 0.2) is 0 Å². The van der Waals surface area contributed by atoms with Crippen LogP contribution in [0.25, 0.3) is 0 Å². The zero-order chi connectivity index (χ0) is 13.5. The highest BCUT2D eigenvalue weighted by Crippen LogP contribution is 2.00. The number of rotatable bonds is 5. The molecule has 1 atom stereocenters. The van der Waals surface area contributed by atoms with Gasteiger partial charge in [-0.25, -0.2) is 4.98 Å². The van der Waals surface area contributed by atoms with Gasteiger partial charge in [-0.1, -0.05) is 0 Å². The molecule has 96 valence electrons. The summed E-state index contributed by atoms with van der Waals surface area (Å²) in [6.07, 6.45) is 2.29. The highest BCUT2D eigenvalue weighted by Gasteiger charge is 2.10. The van der Waals surface area contributed by atoms with Gasteiger partial charge in [0.1, 0.15) is 11.8 Å². The summed E-state index contributed by atoms with van der Waals surface area (Å²) in [6, 6.07) is 5.21. The number of nitrogens with one attached hydrogen (secondary N) is 1. The van der Waals surface area contributed by atoms with Gasteiger partial charge in [0.25, 0.3) is 5.91 Å². The third kappa shape index (κ3) is 4.52. The third-order valence-electron chi connectivity index (χ3n) is 2.51. The number of pyridine rings is 1. The summed E-state index contributed by atoms with van der Waals surface area (Å²) in [6.45, 7) is 2.88. The molecule has 1 heterocycles. The maximum absolute atomic E-state index is 11.8. The van der Waals surface area contributed by atoms with Crippen molar-refractivity contribution in [3.05, 3.63) is 29.6 Å². The molecule has 18 heavy (non-hydrogen) atoms. The standard InChI is InChI=1S/C13H18N4O/c1-10(6-7-17(2)3)16-13(18)12-5-4-11(8-14)9-15-12/h4-5,9-10H,6-7H2,1-3H3,(H,16,18). The van der Waals surface area contributed by atoms with Crippen molar-refractivity contribution < 1.29 is 4.79 Å². The van der Waals surface area contributed by atoms with Crippen molar-refractivity contribution in [3.63, 3.8) is 0 Å². The number of carbonyl (C=O) groups is 1. The molecule has 0 bridgehead atoms. The van der Waals surface area contributed by atoms with Gasteiger partial charge in [-0.3, -0.25) is 4.79 Å². The van der Waals surface area contributed by atoms with Crippen LogP contribution in [0.2, 0.25) is 0 Å². The molecule has 1 amide bonds. The van der Waals surface area contributed by atoms with Crippen molar-refractivity contribution in [2.75, 3.05) is 20.6 Å². The first-order valence-electron chi connectivity index (χ1n) is 5.84. The minimum absolute atomic E-state index is 0.0948. The normalized spacial score (nSPS) is 11.9. The number of nitriles is 1. The molecule has 1 aromatic heterocycles. The molecule has 0 aliphatic heterocycles. The summed E-state index contributed by atoms with van der Waals surface area (Å²) in [5.74, 6) is -0.203. The van der Waals surface area contributed by atoms with E-state index in [4.69, 9.17) is 5.26 Å². The lowest BCUT2D eigenvalue weighted by molar-refractivity contribution is 0.0931. The predicted octanol–water partition coefficient (Wildman–Crippen LogP) is 1.02. The molecule has 1 N–H and O–H groups in total. The highest BCUT2D eigenvalue weighted by atomic mass is 16.1. The second-order valence-electron chi connectivity index (χ2n) is 4.51. The predicted molar refractivity (Wildman–Crippen MR) is 69.1 cm³/mol. The summed E-state index contributed by atoms with van der Waals surface area (Å²) in [5.41, 5.74) is 0.790. The van der Waals surface area contributed by atoms with Crippen LogP contribution in [0.3, 0.4) is 0 Å². The maximum atomic E-state index is 11.8. The van der Waals surface area contributed by atoms with Crippen LogP contribution < -0.4 is 5.32 Å². The average molecular weight is 246 g/mol. The van der Waals surface area contributed by atoms with E-state index in [0.717, 1.165) is 13.0 Å². The molecular weight excluding hydrogens is 228 g/mol. The van der Waals surface area contributed by atoms with Crippen molar-refractivity contribution in [2.24, 2.45) is 0 Å². The SMILES string of the molecule is CC(CCN(C)C)NC(=O)c1ccc(C#N)cn1. The molecule has 1 aromatic rings. The fourth-order valence-corrected chi connectivity index (χ4v) is 1.42. The van der Waals surface area contributed by atoms with Gasteiger partial charge in [0.2, 0.25) is 0 Å². The summed E-state index contributed by atoms with van der Waals surface area (Å²) in [7, 11) is 3.99. The molecule has 1 rings (SSSR count). The van der Waals surface area contributed by atoms with Gasteiger partial charge in [-0.2, -0.15) is 5.26 Å². The van der Waals surface area contributed by atoms with Crippen LogP contribution in [0.4, 0.5) is 0 Å². The second kappa shape index (κ2) is 6.72. The number of hydrogen-bond donors (Lipinski definition) is 1. The molecule has 0 radical (unpaired) electrons. The Kier molecular flexibility index (Phi) is 5.28. The van der Waals surface area contributed by atoms with Gasteiger partial charge >= 0.3 is 0 Å². The fourth-order valence-electron chi connectivity index (χ4n) is 1.42. The molecular formula is C13H18N4O. The molecule has 5 nitrogen and oxygen atoms in total. The van der Waals surface area contributed by atoms with Gasteiger partial charge in [0.05, 0.1) is 5.56 Å². The summed E-state index contributed by atoms with van der Waals surface area (Å²) < 4.78 is 0. The van der Waals surface area contributed by atoms with E-state index in [-0.39, 0.29) is 11.9 Å². The van der Waals surface area contributed by atoms with Crippen LogP contribution in [-0.2, 0) is 0 Å². The van der Waals surface area contributed by atoms with Gasteiger partial charge < -0.3 is 10.2 Å². The molecule has 5 heteroatoms. The summed E-state index contributed by atoms with van der Waals surface area (Å²) in [5, 5.41) is 11.5. The number of aromatic nitrogens is 1. The minimum Gasteiger partial charge on any atom is -0.348 e. The Hall–Kier alpha value is -1.93. The van der Waals surface area contributed by atoms with E-state index in [1.54, 1.807) is 12.1 Å². The number of carbonyl (C=O) groups excluding carboxylic acids is 1. The fraction of sp³-hybridized carbons (Fsp3) is 0.462. The Morgan fingerprint density at radius 2 is 2.28 bits per heavy atom. The zero-order valence-corrected chi connectivity index (χ0v) is 11.0. The molecule has 0 saturated carbocycles. The lowest BCUT2D eigenvalue weighted by atomic mass is 10.2. The Labute approximate surface area is 107 Å². The van der Waals surface area contributed by atoms with Crippen LogP contribution in [-0.4, -0.2) is 42.5 Å². The van der Waals surface area contributed by atoms with E-state index in [1.165, 1.54) is 6.20 Å². The number of amides is 1. The Bertz CT molecular complexity index is 433. The van der Waals surface area contributed by atoms with Crippen molar-refractivity contribution >= 4 is 5.91 Å². The second-order valence-corrected chi connectivity index (χ2v) is 4.51. The first-order chi connectivity index (χ1) is 8.52. The van der Waals surface area contributed by atoms with E-state index in [1.807, 2.05) is 27.1 Å². The van der Waals surface area contributed by atoms with E-state index in [0.29, 0.717) is 11.3 Å². The molecule has 0 spiro atoms. The van der Waals surface area contributed by atoms with Crippen molar-refractivity contribution in [1.82, 2.24) is 15.2 Å². The van der Waals surface area contributed by atoms with Gasteiger partial charge in [-0.15, -0.1) is 0 Å². The van der Waals surface area contributed by atoms with Crippen molar-refractivity contribution in [3.8, 4) is 6.07 Å². The van der Waals surface area contributed by atoms with Crippen LogP contribution in [0.15, 0.2) is 18.3 Å². The lowest BCUT2D eigenvalue weighted by Gasteiger charge is -2.16. The minimum atomic E-state index is -0.203. The van der Waals surface area contributed by atoms with Crippen LogP contribution in [0, 0.1) is 11.3 Å². The molecule has 0 aromatic carbocycles. The zero-order valence-electron chi connectivity index (χ0n) is 11.0. The molecule has 0 aliphatic rings. The molecule has 0 fully saturated rings. The van der Waals surface area contributed by atoms with Gasteiger partial charge in [0, 0.05) is 12.2 Å². The van der Waals surface area contributed by atoms with Crippen LogP contribution in [0.1, 0.15) is 29.4 Å². The third-order valence-corrected chi connectivity index (χ3v) is 2.51. The number of hydrogen-bond acceptors (Lipinski definition) is 4. The van der Waals surface area contributed by atoms with E-state index in [2.05, 4.69) is 15.2 Å². The molecule has 0 saturated heterocycles. The Morgan fingerprint density at radius 1 is 1.56 bits per heavy atom. The Balaban J connectivity index is 2.51. The van der Waals surface area contributed by atoms with Crippen molar-refractivity contribution in [1.29, 1.82) is 5.26 Å². The molecule has 1 unspecified atom stereocenters. The summed E-state index contributed by atoms with van der Waals surface area (Å²) in [4.78, 5) is 17.9. The highest BCUT2D eigenvalue weighted by molar-refractivity contribution is 5.92. The largest absolute Gasteiger partial charge is 0.348 e.